The summed E-state index contributed by atoms with van der Waals surface area (Å²) in [6, 6.07) is 13.1. The first-order valence-corrected chi connectivity index (χ1v) is 6.05. The van der Waals surface area contributed by atoms with Crippen LogP contribution in [-0.2, 0) is 0 Å². The molecule has 0 fully saturated rings. The van der Waals surface area contributed by atoms with E-state index in [2.05, 4.69) is 16.8 Å². The molecule has 3 heteroatoms. The SMILES string of the molecule is Fc1cccc(F)c1C#Cc1nccc2ccccc12. The van der Waals surface area contributed by atoms with Crippen molar-refractivity contribution >= 4 is 10.8 Å². The van der Waals surface area contributed by atoms with Crippen molar-refractivity contribution in [1.82, 2.24) is 4.98 Å². The summed E-state index contributed by atoms with van der Waals surface area (Å²) in [5, 5.41) is 1.85. The van der Waals surface area contributed by atoms with Crippen LogP contribution in [0.25, 0.3) is 10.8 Å². The molecular formula is C17H9F2N. The fraction of sp³-hybridized carbons (Fsp3) is 0. The number of pyridine rings is 1. The molecule has 0 radical (unpaired) electrons. The standard InChI is InChI=1S/C17H9F2N/c18-15-6-3-7-16(19)14(15)8-9-17-13-5-2-1-4-12(13)10-11-20-17/h1-7,10-11H. The van der Waals surface area contributed by atoms with Crippen LogP contribution in [0.3, 0.4) is 0 Å². The van der Waals surface area contributed by atoms with Gasteiger partial charge in [-0.15, -0.1) is 0 Å². The summed E-state index contributed by atoms with van der Waals surface area (Å²) in [7, 11) is 0. The minimum Gasteiger partial charge on any atom is -0.247 e. The Morgan fingerprint density at radius 1 is 0.800 bits per heavy atom. The van der Waals surface area contributed by atoms with Crippen LogP contribution in [0.2, 0.25) is 0 Å². The predicted molar refractivity (Wildman–Crippen MR) is 74.1 cm³/mol. The molecule has 96 valence electrons. The minimum absolute atomic E-state index is 0.234. The lowest BCUT2D eigenvalue weighted by Gasteiger charge is -1.99. The van der Waals surface area contributed by atoms with E-state index in [1.54, 1.807) is 6.20 Å². The first-order valence-electron chi connectivity index (χ1n) is 6.05. The average molecular weight is 265 g/mol. The van der Waals surface area contributed by atoms with Crippen molar-refractivity contribution in [3.05, 3.63) is 77.6 Å². The first kappa shape index (κ1) is 12.3. The van der Waals surface area contributed by atoms with E-state index in [0.717, 1.165) is 10.8 Å². The van der Waals surface area contributed by atoms with Gasteiger partial charge in [-0.1, -0.05) is 36.3 Å². The highest BCUT2D eigenvalue weighted by Gasteiger charge is 2.05. The molecule has 0 aliphatic rings. The van der Waals surface area contributed by atoms with Gasteiger partial charge < -0.3 is 0 Å². The van der Waals surface area contributed by atoms with E-state index in [4.69, 9.17) is 0 Å². The highest BCUT2D eigenvalue weighted by molar-refractivity contribution is 5.86. The summed E-state index contributed by atoms with van der Waals surface area (Å²) >= 11 is 0. The molecule has 0 N–H and O–H groups in total. The Kier molecular flexibility index (Phi) is 3.14. The number of hydrogen-bond acceptors (Lipinski definition) is 1. The molecule has 0 saturated heterocycles. The van der Waals surface area contributed by atoms with Crippen molar-refractivity contribution in [2.24, 2.45) is 0 Å². The van der Waals surface area contributed by atoms with Gasteiger partial charge in [0.2, 0.25) is 0 Å². The summed E-state index contributed by atoms with van der Waals surface area (Å²) in [4.78, 5) is 4.16. The summed E-state index contributed by atoms with van der Waals surface area (Å²) in [6.07, 6.45) is 1.63. The third kappa shape index (κ3) is 2.24. The lowest BCUT2D eigenvalue weighted by Crippen LogP contribution is -1.90. The number of hydrogen-bond donors (Lipinski definition) is 0. The van der Waals surface area contributed by atoms with Crippen LogP contribution in [0.1, 0.15) is 11.3 Å². The van der Waals surface area contributed by atoms with Crippen molar-refractivity contribution < 1.29 is 8.78 Å². The molecule has 0 saturated carbocycles. The van der Waals surface area contributed by atoms with E-state index in [-0.39, 0.29) is 5.56 Å². The van der Waals surface area contributed by atoms with Crippen LogP contribution in [0.15, 0.2) is 54.7 Å². The third-order valence-corrected chi connectivity index (χ3v) is 2.94. The van der Waals surface area contributed by atoms with Gasteiger partial charge in [0, 0.05) is 11.6 Å². The van der Waals surface area contributed by atoms with E-state index in [9.17, 15) is 8.78 Å². The fourth-order valence-electron chi connectivity index (χ4n) is 1.96. The number of benzene rings is 2. The Labute approximate surface area is 114 Å². The maximum atomic E-state index is 13.5. The molecule has 0 amide bonds. The topological polar surface area (TPSA) is 12.9 Å². The van der Waals surface area contributed by atoms with Gasteiger partial charge in [0.1, 0.15) is 17.3 Å². The van der Waals surface area contributed by atoms with Gasteiger partial charge in [0.05, 0.1) is 5.56 Å². The number of aromatic nitrogens is 1. The largest absolute Gasteiger partial charge is 0.247 e. The van der Waals surface area contributed by atoms with Gasteiger partial charge in [-0.25, -0.2) is 13.8 Å². The summed E-state index contributed by atoms with van der Waals surface area (Å²) in [5.74, 6) is 3.93. The maximum absolute atomic E-state index is 13.5. The zero-order valence-corrected chi connectivity index (χ0v) is 10.4. The molecule has 20 heavy (non-hydrogen) atoms. The van der Waals surface area contributed by atoms with Crippen LogP contribution in [-0.4, -0.2) is 4.98 Å². The molecule has 0 aliphatic carbocycles. The zero-order valence-electron chi connectivity index (χ0n) is 10.4. The Morgan fingerprint density at radius 2 is 1.55 bits per heavy atom. The number of halogens is 2. The van der Waals surface area contributed by atoms with Gasteiger partial charge >= 0.3 is 0 Å². The second-order valence-corrected chi connectivity index (χ2v) is 4.23. The first-order chi connectivity index (χ1) is 9.75. The van der Waals surface area contributed by atoms with Gasteiger partial charge in [-0.3, -0.25) is 0 Å². The molecule has 0 aliphatic heterocycles. The van der Waals surface area contributed by atoms with E-state index in [1.807, 2.05) is 30.3 Å². The molecule has 3 rings (SSSR count). The van der Waals surface area contributed by atoms with Crippen LogP contribution < -0.4 is 0 Å². The third-order valence-electron chi connectivity index (χ3n) is 2.94. The Morgan fingerprint density at radius 3 is 2.35 bits per heavy atom. The number of fused-ring (bicyclic) bond motifs is 1. The summed E-state index contributed by atoms with van der Waals surface area (Å²) in [5.41, 5.74) is 0.271. The molecule has 0 atom stereocenters. The van der Waals surface area contributed by atoms with Gasteiger partial charge in [-0.2, -0.15) is 0 Å². The quantitative estimate of drug-likeness (QED) is 0.561. The second-order valence-electron chi connectivity index (χ2n) is 4.23. The smallest absolute Gasteiger partial charge is 0.141 e. The van der Waals surface area contributed by atoms with Crippen molar-refractivity contribution in [3.8, 4) is 11.8 Å². The highest BCUT2D eigenvalue weighted by atomic mass is 19.1. The van der Waals surface area contributed by atoms with E-state index in [0.29, 0.717) is 5.69 Å². The van der Waals surface area contributed by atoms with Crippen LogP contribution >= 0.6 is 0 Å². The Bertz CT molecular complexity index is 819. The van der Waals surface area contributed by atoms with Gasteiger partial charge in [-0.05, 0) is 29.5 Å². The van der Waals surface area contributed by atoms with E-state index in [1.165, 1.54) is 18.2 Å². The normalized spacial score (nSPS) is 10.1. The fourth-order valence-corrected chi connectivity index (χ4v) is 1.96. The Balaban J connectivity index is 2.14. The predicted octanol–water partition coefficient (Wildman–Crippen LogP) is 3.91. The molecule has 3 aromatic rings. The van der Waals surface area contributed by atoms with Crippen LogP contribution in [0.4, 0.5) is 8.78 Å². The molecule has 1 aromatic heterocycles. The highest BCUT2D eigenvalue weighted by Crippen LogP contribution is 2.16. The number of rotatable bonds is 0. The van der Waals surface area contributed by atoms with Crippen molar-refractivity contribution in [3.63, 3.8) is 0 Å². The van der Waals surface area contributed by atoms with Gasteiger partial charge in [0.25, 0.3) is 0 Å². The van der Waals surface area contributed by atoms with Crippen LogP contribution in [0.5, 0.6) is 0 Å². The van der Waals surface area contributed by atoms with Crippen LogP contribution in [0, 0.1) is 23.5 Å². The number of nitrogens with zero attached hydrogens (tertiary/aromatic N) is 1. The molecule has 1 heterocycles. The second kappa shape index (κ2) is 5.10. The summed E-state index contributed by atoms with van der Waals surface area (Å²) < 4.78 is 27.0. The summed E-state index contributed by atoms with van der Waals surface area (Å²) in [6.45, 7) is 0. The van der Waals surface area contributed by atoms with E-state index >= 15 is 0 Å². The monoisotopic (exact) mass is 265 g/mol. The molecule has 2 aromatic carbocycles. The molecule has 0 spiro atoms. The molecule has 1 nitrogen and oxygen atoms in total. The molecule has 0 bridgehead atoms. The van der Waals surface area contributed by atoms with Gasteiger partial charge in [0.15, 0.2) is 0 Å². The average Bonchev–Trinajstić information content (AvgIpc) is 2.47. The van der Waals surface area contributed by atoms with Crippen molar-refractivity contribution in [2.75, 3.05) is 0 Å². The lowest BCUT2D eigenvalue weighted by molar-refractivity contribution is 0.577. The lowest BCUT2D eigenvalue weighted by atomic mass is 10.1. The molecular weight excluding hydrogens is 256 g/mol. The Hall–Kier alpha value is -2.73. The minimum atomic E-state index is -0.669. The maximum Gasteiger partial charge on any atom is 0.141 e. The molecule has 0 unspecified atom stereocenters. The van der Waals surface area contributed by atoms with E-state index < -0.39 is 11.6 Å². The van der Waals surface area contributed by atoms with Crippen molar-refractivity contribution in [2.45, 2.75) is 0 Å². The van der Waals surface area contributed by atoms with Crippen molar-refractivity contribution in [1.29, 1.82) is 0 Å². The zero-order chi connectivity index (χ0) is 13.9.